The van der Waals surface area contributed by atoms with Gasteiger partial charge in [-0.3, -0.25) is 0 Å². The lowest BCUT2D eigenvalue weighted by Crippen LogP contribution is -2.67. The number of nitrogens with two attached hydrogens (primary N) is 4. The SMILES string of the molecule is NC[C@H]1O[C@H](O[C@@H]2[C@H](O)[C@H](O[C@H]3O[C@H](CO)[C@@H](O)[C@@H](O)[C@@H]3O)[C@H](N)C[C@H]2N)[C@H](N)C[C@H]1O. The molecule has 0 aromatic heterocycles. The van der Waals surface area contributed by atoms with Gasteiger partial charge < -0.3 is 72.5 Å². The topological polar surface area (TPSA) is 262 Å². The van der Waals surface area contributed by atoms with Crippen molar-refractivity contribution in [3.05, 3.63) is 0 Å². The van der Waals surface area contributed by atoms with Gasteiger partial charge in [0.05, 0.1) is 24.9 Å². The van der Waals surface area contributed by atoms with E-state index >= 15 is 0 Å². The maximum atomic E-state index is 10.9. The van der Waals surface area contributed by atoms with Gasteiger partial charge in [0.2, 0.25) is 0 Å². The van der Waals surface area contributed by atoms with Gasteiger partial charge in [0, 0.05) is 18.6 Å². The Morgan fingerprint density at radius 2 is 1.25 bits per heavy atom. The van der Waals surface area contributed by atoms with Crippen LogP contribution in [0.4, 0.5) is 0 Å². The molecule has 2 heterocycles. The molecule has 188 valence electrons. The van der Waals surface area contributed by atoms with Crippen LogP contribution >= 0.6 is 0 Å². The maximum Gasteiger partial charge on any atom is 0.187 e. The van der Waals surface area contributed by atoms with Gasteiger partial charge in [-0.25, -0.2) is 0 Å². The molecule has 0 unspecified atom stereocenters. The second-order valence-corrected chi connectivity index (χ2v) is 8.70. The number of hydrogen-bond acceptors (Lipinski definition) is 14. The highest BCUT2D eigenvalue weighted by molar-refractivity contribution is 5.00. The lowest BCUT2D eigenvalue weighted by molar-refractivity contribution is -0.329. The third-order valence-corrected chi connectivity index (χ3v) is 6.33. The van der Waals surface area contributed by atoms with E-state index in [4.69, 9.17) is 41.9 Å². The Kier molecular flexibility index (Phi) is 8.79. The van der Waals surface area contributed by atoms with Crippen molar-refractivity contribution in [1.82, 2.24) is 0 Å². The highest BCUT2D eigenvalue weighted by atomic mass is 16.7. The molecule has 0 aromatic carbocycles. The van der Waals surface area contributed by atoms with E-state index in [1.165, 1.54) is 0 Å². The van der Waals surface area contributed by atoms with Crippen LogP contribution in [0.15, 0.2) is 0 Å². The van der Waals surface area contributed by atoms with Crippen LogP contribution in [0, 0.1) is 0 Å². The van der Waals surface area contributed by atoms with Gasteiger partial charge in [0.1, 0.15) is 42.7 Å². The quantitative estimate of drug-likeness (QED) is 0.174. The summed E-state index contributed by atoms with van der Waals surface area (Å²) >= 11 is 0. The molecule has 2 saturated heterocycles. The highest BCUT2D eigenvalue weighted by Gasteiger charge is 2.50. The summed E-state index contributed by atoms with van der Waals surface area (Å²) in [4.78, 5) is 0. The second kappa shape index (κ2) is 10.8. The molecule has 3 fully saturated rings. The van der Waals surface area contributed by atoms with Gasteiger partial charge in [-0.2, -0.15) is 0 Å². The summed E-state index contributed by atoms with van der Waals surface area (Å²) < 4.78 is 22.5. The first-order valence-corrected chi connectivity index (χ1v) is 10.7. The highest BCUT2D eigenvalue weighted by Crippen LogP contribution is 2.31. The molecule has 3 rings (SSSR count). The summed E-state index contributed by atoms with van der Waals surface area (Å²) in [6.45, 7) is -0.591. The van der Waals surface area contributed by atoms with Crippen molar-refractivity contribution in [3.8, 4) is 0 Å². The normalized spacial score (nSPS) is 52.7. The summed E-state index contributed by atoms with van der Waals surface area (Å²) in [7, 11) is 0. The standard InChI is InChI=1S/C18H36N4O10/c19-3-9-8(24)2-7(22)17(29-9)31-15-5(20)1-6(21)16(14(15)28)32-18-13(27)12(26)11(25)10(4-23)30-18/h5-18,23-28H,1-4,19-22H2/t5-,6-,7-,8-,9-,10-,11-,12-,13+,14+,15+,16-,17-,18-/m1/s1. The summed E-state index contributed by atoms with van der Waals surface area (Å²) in [5.74, 6) is 0. The average Bonchev–Trinajstić information content (AvgIpc) is 2.75. The molecule has 0 bridgehead atoms. The molecule has 14 N–H and O–H groups in total. The van der Waals surface area contributed by atoms with Gasteiger partial charge in [-0.1, -0.05) is 0 Å². The Morgan fingerprint density at radius 1 is 0.688 bits per heavy atom. The second-order valence-electron chi connectivity index (χ2n) is 8.70. The van der Waals surface area contributed by atoms with Crippen molar-refractivity contribution < 1.29 is 49.6 Å². The van der Waals surface area contributed by atoms with Crippen LogP contribution in [0.25, 0.3) is 0 Å². The molecule has 14 atom stereocenters. The van der Waals surface area contributed by atoms with Crippen LogP contribution < -0.4 is 22.9 Å². The molecule has 14 nitrogen and oxygen atoms in total. The van der Waals surface area contributed by atoms with E-state index < -0.39 is 92.2 Å². The molecule has 32 heavy (non-hydrogen) atoms. The fraction of sp³-hybridized carbons (Fsp3) is 1.00. The van der Waals surface area contributed by atoms with Crippen molar-refractivity contribution in [2.24, 2.45) is 22.9 Å². The summed E-state index contributed by atoms with van der Waals surface area (Å²) in [6.07, 6.45) is -13.3. The lowest BCUT2D eigenvalue weighted by Gasteiger charge is -2.47. The minimum Gasteiger partial charge on any atom is -0.394 e. The molecule has 1 aliphatic carbocycles. The lowest BCUT2D eigenvalue weighted by atomic mass is 9.84. The van der Waals surface area contributed by atoms with Crippen LogP contribution in [0.2, 0.25) is 0 Å². The maximum absolute atomic E-state index is 10.9. The van der Waals surface area contributed by atoms with E-state index in [-0.39, 0.29) is 19.4 Å². The van der Waals surface area contributed by atoms with E-state index in [0.717, 1.165) is 0 Å². The Labute approximate surface area is 185 Å². The van der Waals surface area contributed by atoms with Crippen LogP contribution in [0.3, 0.4) is 0 Å². The Bertz CT molecular complexity index is 606. The van der Waals surface area contributed by atoms with Crippen LogP contribution in [0.5, 0.6) is 0 Å². The molecular formula is C18H36N4O10. The summed E-state index contributed by atoms with van der Waals surface area (Å²) in [5.41, 5.74) is 23.9. The van der Waals surface area contributed by atoms with Crippen LogP contribution in [0.1, 0.15) is 12.8 Å². The largest absolute Gasteiger partial charge is 0.394 e. The van der Waals surface area contributed by atoms with Gasteiger partial charge in [0.25, 0.3) is 0 Å². The molecule has 14 heteroatoms. The third-order valence-electron chi connectivity index (χ3n) is 6.33. The minimum absolute atomic E-state index is 0.0424. The minimum atomic E-state index is -1.66. The fourth-order valence-corrected chi connectivity index (χ4v) is 4.38. The number of aliphatic hydroxyl groups excluding tert-OH is 6. The molecular weight excluding hydrogens is 432 g/mol. The molecule has 0 spiro atoms. The van der Waals surface area contributed by atoms with E-state index in [1.807, 2.05) is 0 Å². The fourth-order valence-electron chi connectivity index (χ4n) is 4.38. The van der Waals surface area contributed by atoms with E-state index in [9.17, 15) is 30.6 Å². The summed E-state index contributed by atoms with van der Waals surface area (Å²) in [6, 6.07) is -2.20. The Morgan fingerprint density at radius 3 is 1.81 bits per heavy atom. The molecule has 2 aliphatic heterocycles. The monoisotopic (exact) mass is 468 g/mol. The molecule has 0 radical (unpaired) electrons. The van der Waals surface area contributed by atoms with Gasteiger partial charge in [-0.05, 0) is 12.8 Å². The average molecular weight is 469 g/mol. The predicted molar refractivity (Wildman–Crippen MR) is 106 cm³/mol. The molecule has 0 aromatic rings. The first kappa shape index (κ1) is 26.1. The molecule has 0 amide bonds. The first-order valence-electron chi connectivity index (χ1n) is 10.7. The van der Waals surface area contributed by atoms with Crippen molar-refractivity contribution in [3.63, 3.8) is 0 Å². The summed E-state index contributed by atoms with van der Waals surface area (Å²) in [5, 5.41) is 60.4. The first-order chi connectivity index (χ1) is 15.1. The zero-order valence-corrected chi connectivity index (χ0v) is 17.5. The van der Waals surface area contributed by atoms with Gasteiger partial charge >= 0.3 is 0 Å². The molecule has 1 saturated carbocycles. The smallest absolute Gasteiger partial charge is 0.187 e. The van der Waals surface area contributed by atoms with Crippen molar-refractivity contribution in [2.45, 2.75) is 98.5 Å². The van der Waals surface area contributed by atoms with Gasteiger partial charge in [0.15, 0.2) is 12.6 Å². The predicted octanol–water partition coefficient (Wildman–Crippen LogP) is -6.26. The van der Waals surface area contributed by atoms with E-state index in [2.05, 4.69) is 0 Å². The van der Waals surface area contributed by atoms with Crippen LogP contribution in [-0.4, -0.2) is 129 Å². The zero-order chi connectivity index (χ0) is 23.7. The van der Waals surface area contributed by atoms with E-state index in [1.54, 1.807) is 0 Å². The van der Waals surface area contributed by atoms with E-state index in [0.29, 0.717) is 0 Å². The number of ether oxygens (including phenoxy) is 4. The number of aliphatic hydroxyl groups is 6. The van der Waals surface area contributed by atoms with Gasteiger partial charge in [-0.15, -0.1) is 0 Å². The van der Waals surface area contributed by atoms with Crippen LogP contribution in [-0.2, 0) is 18.9 Å². The Hall–Kier alpha value is -0.560. The number of rotatable bonds is 6. The van der Waals surface area contributed by atoms with Crippen molar-refractivity contribution >= 4 is 0 Å². The third kappa shape index (κ3) is 5.24. The number of hydrogen-bond donors (Lipinski definition) is 10. The van der Waals surface area contributed by atoms with Crippen molar-refractivity contribution in [2.75, 3.05) is 13.2 Å². The Balaban J connectivity index is 1.70. The van der Waals surface area contributed by atoms with Crippen molar-refractivity contribution in [1.29, 1.82) is 0 Å². The molecule has 3 aliphatic rings. The zero-order valence-electron chi connectivity index (χ0n) is 17.5.